The minimum atomic E-state index is -0.653. The zero-order valence-electron chi connectivity index (χ0n) is 14.0. The fourth-order valence-corrected chi connectivity index (χ4v) is 2.81. The van der Waals surface area contributed by atoms with Crippen molar-refractivity contribution < 1.29 is 19.4 Å². The van der Waals surface area contributed by atoms with Crippen LogP contribution in [0.25, 0.3) is 0 Å². The second-order valence-corrected chi connectivity index (χ2v) is 6.09. The number of ether oxygens (including phenoxy) is 1. The van der Waals surface area contributed by atoms with Gasteiger partial charge in [0.25, 0.3) is 0 Å². The molecule has 4 heteroatoms. The average molecular weight is 310 g/mol. The molecule has 1 N–H and O–H groups in total. The molecule has 0 saturated heterocycles. The highest BCUT2D eigenvalue weighted by Gasteiger charge is 2.32. The molecule has 0 radical (unpaired) electrons. The van der Waals surface area contributed by atoms with Gasteiger partial charge in [0.2, 0.25) is 0 Å². The van der Waals surface area contributed by atoms with Crippen molar-refractivity contribution in [3.8, 4) is 0 Å². The molecule has 0 fully saturated rings. The maximum atomic E-state index is 11.8. The second kappa shape index (κ2) is 10.4. The number of carbonyl (C=O) groups is 2. The van der Waals surface area contributed by atoms with Crippen LogP contribution in [0.3, 0.4) is 0 Å². The van der Waals surface area contributed by atoms with Gasteiger partial charge in [-0.05, 0) is 12.8 Å². The molecule has 1 heterocycles. The largest absolute Gasteiger partial charge is 0.511 e. The molecule has 0 bridgehead atoms. The van der Waals surface area contributed by atoms with Gasteiger partial charge in [0.05, 0.1) is 0 Å². The van der Waals surface area contributed by atoms with E-state index in [0.717, 1.165) is 19.3 Å². The van der Waals surface area contributed by atoms with Crippen LogP contribution >= 0.6 is 0 Å². The van der Waals surface area contributed by atoms with Gasteiger partial charge >= 0.3 is 5.97 Å². The molecule has 1 aliphatic heterocycles. The Balaban J connectivity index is 2.22. The lowest BCUT2D eigenvalue weighted by atomic mass is 9.98. The fourth-order valence-electron chi connectivity index (χ4n) is 2.81. The number of hydrogen-bond donors (Lipinski definition) is 1. The van der Waals surface area contributed by atoms with Crippen molar-refractivity contribution in [2.45, 2.75) is 90.6 Å². The molecular weight excluding hydrogens is 280 g/mol. The summed E-state index contributed by atoms with van der Waals surface area (Å²) < 4.78 is 5.27. The van der Waals surface area contributed by atoms with Gasteiger partial charge < -0.3 is 9.84 Å². The van der Waals surface area contributed by atoms with Crippen LogP contribution in [0.15, 0.2) is 11.3 Å². The highest BCUT2D eigenvalue weighted by Crippen LogP contribution is 2.25. The summed E-state index contributed by atoms with van der Waals surface area (Å²) in [5, 5.41) is 9.89. The minimum absolute atomic E-state index is 0.0901. The van der Waals surface area contributed by atoms with Crippen molar-refractivity contribution in [2.24, 2.45) is 0 Å². The normalized spacial score (nSPS) is 18.5. The first kappa shape index (κ1) is 18.7. The SMILES string of the molecule is CCCCCCCCCCC1CC(O)=C(C(=O)CC)C(=O)O1. The van der Waals surface area contributed by atoms with Crippen molar-refractivity contribution in [3.05, 3.63) is 11.3 Å². The third-order valence-corrected chi connectivity index (χ3v) is 4.17. The Morgan fingerprint density at radius 1 is 1.09 bits per heavy atom. The summed E-state index contributed by atoms with van der Waals surface area (Å²) in [6.45, 7) is 3.89. The molecule has 0 aromatic heterocycles. The molecule has 0 spiro atoms. The molecule has 4 nitrogen and oxygen atoms in total. The van der Waals surface area contributed by atoms with Crippen molar-refractivity contribution in [3.63, 3.8) is 0 Å². The number of aliphatic hydroxyl groups excluding tert-OH is 1. The number of cyclic esters (lactones) is 1. The van der Waals surface area contributed by atoms with Crippen LogP contribution in [0, 0.1) is 0 Å². The molecule has 1 rings (SSSR count). The van der Waals surface area contributed by atoms with E-state index in [0.29, 0.717) is 0 Å². The zero-order chi connectivity index (χ0) is 16.4. The van der Waals surface area contributed by atoms with Crippen molar-refractivity contribution in [1.82, 2.24) is 0 Å². The molecule has 1 aliphatic rings. The van der Waals surface area contributed by atoms with Gasteiger partial charge in [-0.2, -0.15) is 0 Å². The monoisotopic (exact) mass is 310 g/mol. The lowest BCUT2D eigenvalue weighted by Gasteiger charge is -2.23. The van der Waals surface area contributed by atoms with Crippen molar-refractivity contribution in [2.75, 3.05) is 0 Å². The van der Waals surface area contributed by atoms with Crippen LogP contribution in [0.5, 0.6) is 0 Å². The molecule has 0 saturated carbocycles. The van der Waals surface area contributed by atoms with Crippen LogP contribution in [0.1, 0.15) is 84.5 Å². The second-order valence-electron chi connectivity index (χ2n) is 6.09. The number of unbranched alkanes of at least 4 members (excludes halogenated alkanes) is 7. The predicted octanol–water partition coefficient (Wildman–Crippen LogP) is 4.62. The van der Waals surface area contributed by atoms with Gasteiger partial charge in [-0.15, -0.1) is 0 Å². The number of ketones is 1. The highest BCUT2D eigenvalue weighted by atomic mass is 16.5. The van der Waals surface area contributed by atoms with Gasteiger partial charge in [0.15, 0.2) is 5.78 Å². The molecule has 0 aromatic carbocycles. The van der Waals surface area contributed by atoms with E-state index in [1.165, 1.54) is 38.5 Å². The molecule has 22 heavy (non-hydrogen) atoms. The number of carbonyl (C=O) groups excluding carboxylic acids is 2. The Labute approximate surface area is 133 Å². The van der Waals surface area contributed by atoms with Gasteiger partial charge in [-0.3, -0.25) is 4.79 Å². The third-order valence-electron chi connectivity index (χ3n) is 4.17. The van der Waals surface area contributed by atoms with Crippen LogP contribution in [-0.2, 0) is 14.3 Å². The Morgan fingerprint density at radius 2 is 1.68 bits per heavy atom. The Hall–Kier alpha value is -1.32. The molecule has 0 aliphatic carbocycles. The van der Waals surface area contributed by atoms with E-state index >= 15 is 0 Å². The van der Waals surface area contributed by atoms with Gasteiger partial charge in [0.1, 0.15) is 17.4 Å². The summed E-state index contributed by atoms with van der Waals surface area (Å²) in [4.78, 5) is 23.4. The van der Waals surface area contributed by atoms with Crippen molar-refractivity contribution >= 4 is 11.8 Å². The standard InChI is InChI=1S/C18H30O4/c1-3-5-6-7-8-9-10-11-12-14-13-16(20)17(15(19)4-2)18(21)22-14/h14,20H,3-13H2,1-2H3. The summed E-state index contributed by atoms with van der Waals surface area (Å²) in [5.74, 6) is -1.08. The van der Waals surface area contributed by atoms with E-state index < -0.39 is 5.97 Å². The first-order valence-electron chi connectivity index (χ1n) is 8.76. The van der Waals surface area contributed by atoms with E-state index in [4.69, 9.17) is 4.74 Å². The molecule has 1 unspecified atom stereocenters. The lowest BCUT2D eigenvalue weighted by Crippen LogP contribution is -2.30. The summed E-state index contributed by atoms with van der Waals surface area (Å²) in [7, 11) is 0. The number of aliphatic hydroxyl groups is 1. The summed E-state index contributed by atoms with van der Waals surface area (Å²) in [6.07, 6.45) is 10.8. The number of hydrogen-bond acceptors (Lipinski definition) is 4. The van der Waals surface area contributed by atoms with E-state index in [1.807, 2.05) is 0 Å². The first-order valence-corrected chi connectivity index (χ1v) is 8.76. The maximum absolute atomic E-state index is 11.8. The third kappa shape index (κ3) is 6.20. The summed E-state index contributed by atoms with van der Waals surface area (Å²) >= 11 is 0. The van der Waals surface area contributed by atoms with Crippen LogP contribution in [0.4, 0.5) is 0 Å². The zero-order valence-corrected chi connectivity index (χ0v) is 14.0. The molecule has 0 aromatic rings. The van der Waals surface area contributed by atoms with Crippen LogP contribution < -0.4 is 0 Å². The van der Waals surface area contributed by atoms with Gasteiger partial charge in [-0.25, -0.2) is 4.79 Å². The number of Topliss-reactive ketones (excluding diaryl/α,β-unsaturated/α-hetero) is 1. The van der Waals surface area contributed by atoms with Crippen LogP contribution in [0.2, 0.25) is 0 Å². The maximum Gasteiger partial charge on any atom is 0.345 e. The van der Waals surface area contributed by atoms with E-state index in [2.05, 4.69) is 6.92 Å². The topological polar surface area (TPSA) is 63.6 Å². The molecule has 126 valence electrons. The highest BCUT2D eigenvalue weighted by molar-refractivity contribution is 6.17. The Kier molecular flexibility index (Phi) is 8.86. The first-order chi connectivity index (χ1) is 10.6. The quantitative estimate of drug-likeness (QED) is 0.343. The summed E-state index contributed by atoms with van der Waals surface area (Å²) in [5.41, 5.74) is -0.144. The lowest BCUT2D eigenvalue weighted by molar-refractivity contribution is -0.148. The summed E-state index contributed by atoms with van der Waals surface area (Å²) in [6, 6.07) is 0. The molecular formula is C18H30O4. The van der Waals surface area contributed by atoms with Gasteiger partial charge in [0, 0.05) is 12.8 Å². The van der Waals surface area contributed by atoms with E-state index in [9.17, 15) is 14.7 Å². The number of rotatable bonds is 11. The minimum Gasteiger partial charge on any atom is -0.511 e. The Morgan fingerprint density at radius 3 is 2.23 bits per heavy atom. The predicted molar refractivity (Wildman–Crippen MR) is 86.7 cm³/mol. The van der Waals surface area contributed by atoms with Crippen molar-refractivity contribution in [1.29, 1.82) is 0 Å². The molecule has 0 amide bonds. The molecule has 1 atom stereocenters. The van der Waals surface area contributed by atoms with E-state index in [-0.39, 0.29) is 36.1 Å². The average Bonchev–Trinajstić information content (AvgIpc) is 2.49. The Bertz CT molecular complexity index is 398. The number of esters is 1. The van der Waals surface area contributed by atoms with Gasteiger partial charge in [-0.1, -0.05) is 58.8 Å². The fraction of sp³-hybridized carbons (Fsp3) is 0.778. The smallest absolute Gasteiger partial charge is 0.345 e. The van der Waals surface area contributed by atoms with Crippen LogP contribution in [-0.4, -0.2) is 23.0 Å². The van der Waals surface area contributed by atoms with E-state index in [1.54, 1.807) is 6.92 Å².